The Bertz CT molecular complexity index is 317. The van der Waals surface area contributed by atoms with E-state index in [1.807, 2.05) is 0 Å². The second-order valence-corrected chi connectivity index (χ2v) is 7.14. The molecule has 0 aromatic rings. The molecular formula is C18H37Cl2N3O. The third-order valence-corrected chi connectivity index (χ3v) is 5.31. The summed E-state index contributed by atoms with van der Waals surface area (Å²) in [6.45, 7) is 6.07. The monoisotopic (exact) mass is 381 g/mol. The molecule has 0 atom stereocenters. The summed E-state index contributed by atoms with van der Waals surface area (Å²) >= 11 is 0. The Morgan fingerprint density at radius 2 is 1.50 bits per heavy atom. The first-order valence-corrected chi connectivity index (χ1v) is 9.50. The smallest absolute Gasteiger partial charge is 0.222 e. The van der Waals surface area contributed by atoms with Crippen LogP contribution in [0.25, 0.3) is 0 Å². The van der Waals surface area contributed by atoms with E-state index in [1.165, 1.54) is 45.1 Å². The van der Waals surface area contributed by atoms with Crippen molar-refractivity contribution < 1.29 is 4.79 Å². The van der Waals surface area contributed by atoms with Gasteiger partial charge in [0.2, 0.25) is 5.91 Å². The molecule has 6 heteroatoms. The maximum absolute atomic E-state index is 12.2. The van der Waals surface area contributed by atoms with Crippen molar-refractivity contribution in [2.45, 2.75) is 64.2 Å². The van der Waals surface area contributed by atoms with E-state index in [0.717, 1.165) is 64.3 Å². The molecule has 0 aromatic heterocycles. The first-order chi connectivity index (χ1) is 10.8. The van der Waals surface area contributed by atoms with Crippen LogP contribution in [-0.4, -0.2) is 55.0 Å². The summed E-state index contributed by atoms with van der Waals surface area (Å²) in [7, 11) is 0. The van der Waals surface area contributed by atoms with Crippen LogP contribution in [0.5, 0.6) is 0 Å². The predicted molar refractivity (Wildman–Crippen MR) is 106 cm³/mol. The van der Waals surface area contributed by atoms with Gasteiger partial charge in [0.25, 0.3) is 0 Å². The van der Waals surface area contributed by atoms with Crippen molar-refractivity contribution >= 4 is 30.7 Å². The predicted octanol–water partition coefficient (Wildman–Crippen LogP) is 3.46. The van der Waals surface area contributed by atoms with Crippen LogP contribution in [0.1, 0.15) is 64.2 Å². The van der Waals surface area contributed by atoms with Crippen LogP contribution >= 0.6 is 24.8 Å². The molecule has 1 amide bonds. The zero-order valence-corrected chi connectivity index (χ0v) is 16.7. The lowest BCUT2D eigenvalue weighted by Gasteiger charge is -2.37. The van der Waals surface area contributed by atoms with Crippen molar-refractivity contribution in [2.24, 2.45) is 11.7 Å². The quantitative estimate of drug-likeness (QED) is 0.654. The van der Waals surface area contributed by atoms with Gasteiger partial charge in [0, 0.05) is 39.1 Å². The van der Waals surface area contributed by atoms with Gasteiger partial charge in [0.05, 0.1) is 0 Å². The van der Waals surface area contributed by atoms with Crippen molar-refractivity contribution in [3.8, 4) is 0 Å². The largest absolute Gasteiger partial charge is 0.340 e. The van der Waals surface area contributed by atoms with Crippen LogP contribution in [0.2, 0.25) is 0 Å². The summed E-state index contributed by atoms with van der Waals surface area (Å²) in [5, 5.41) is 0. The van der Waals surface area contributed by atoms with E-state index in [-0.39, 0.29) is 24.8 Å². The standard InChI is InChI=1S/C18H35N3O.2ClH/c19-11-7-2-1-6-10-18(22)21-14-12-20(13-15-21)16-17-8-4-3-5-9-17;;/h17H,1-16,19H2;2*1H. The first-order valence-electron chi connectivity index (χ1n) is 9.50. The Kier molecular flexibility index (Phi) is 14.2. The van der Waals surface area contributed by atoms with Gasteiger partial charge in [-0.25, -0.2) is 0 Å². The molecule has 4 nitrogen and oxygen atoms in total. The topological polar surface area (TPSA) is 49.6 Å². The molecule has 0 unspecified atom stereocenters. The van der Waals surface area contributed by atoms with E-state index in [4.69, 9.17) is 5.73 Å². The number of nitrogens with two attached hydrogens (primary N) is 1. The van der Waals surface area contributed by atoms with Crippen molar-refractivity contribution in [2.75, 3.05) is 39.3 Å². The molecule has 1 saturated carbocycles. The number of nitrogens with zero attached hydrogens (tertiary/aromatic N) is 2. The number of hydrogen-bond acceptors (Lipinski definition) is 3. The summed E-state index contributed by atoms with van der Waals surface area (Å²) in [4.78, 5) is 16.9. The Hall–Kier alpha value is -0.0300. The molecule has 0 radical (unpaired) electrons. The Morgan fingerprint density at radius 3 is 2.12 bits per heavy atom. The normalized spacial score (nSPS) is 19.5. The fourth-order valence-electron chi connectivity index (χ4n) is 3.85. The number of amides is 1. The fraction of sp³-hybridized carbons (Fsp3) is 0.944. The van der Waals surface area contributed by atoms with Gasteiger partial charge in [0.1, 0.15) is 0 Å². The van der Waals surface area contributed by atoms with Crippen LogP contribution < -0.4 is 5.73 Å². The maximum atomic E-state index is 12.2. The Labute approximate surface area is 160 Å². The first kappa shape index (κ1) is 24.0. The summed E-state index contributed by atoms with van der Waals surface area (Å²) in [6.07, 6.45) is 12.3. The van der Waals surface area contributed by atoms with Gasteiger partial charge in [-0.05, 0) is 38.1 Å². The van der Waals surface area contributed by atoms with Gasteiger partial charge in [-0.3, -0.25) is 9.69 Å². The van der Waals surface area contributed by atoms with Crippen molar-refractivity contribution in [1.29, 1.82) is 0 Å². The molecule has 0 aromatic carbocycles. The fourth-order valence-corrected chi connectivity index (χ4v) is 3.85. The van der Waals surface area contributed by atoms with Crippen LogP contribution in [0, 0.1) is 5.92 Å². The van der Waals surface area contributed by atoms with Gasteiger partial charge in [-0.2, -0.15) is 0 Å². The van der Waals surface area contributed by atoms with Crippen molar-refractivity contribution in [1.82, 2.24) is 9.80 Å². The molecule has 24 heavy (non-hydrogen) atoms. The van der Waals surface area contributed by atoms with E-state index in [1.54, 1.807) is 0 Å². The zero-order valence-electron chi connectivity index (χ0n) is 15.1. The van der Waals surface area contributed by atoms with E-state index in [2.05, 4.69) is 9.80 Å². The highest BCUT2D eigenvalue weighted by molar-refractivity contribution is 5.85. The summed E-state index contributed by atoms with van der Waals surface area (Å²) in [6, 6.07) is 0. The van der Waals surface area contributed by atoms with Gasteiger partial charge < -0.3 is 10.6 Å². The minimum Gasteiger partial charge on any atom is -0.340 e. The number of carbonyl (C=O) groups excluding carboxylic acids is 1. The number of carbonyl (C=O) groups is 1. The van der Waals surface area contributed by atoms with E-state index < -0.39 is 0 Å². The second kappa shape index (κ2) is 14.2. The van der Waals surface area contributed by atoms with E-state index in [0.29, 0.717) is 5.91 Å². The van der Waals surface area contributed by atoms with Gasteiger partial charge in [0.15, 0.2) is 0 Å². The van der Waals surface area contributed by atoms with Crippen LogP contribution in [-0.2, 0) is 4.79 Å². The van der Waals surface area contributed by atoms with Crippen molar-refractivity contribution in [3.63, 3.8) is 0 Å². The molecule has 1 aliphatic carbocycles. The third kappa shape index (κ3) is 8.89. The molecule has 1 heterocycles. The molecule has 2 rings (SSSR count). The Balaban J connectivity index is 0.00000264. The van der Waals surface area contributed by atoms with E-state index in [9.17, 15) is 4.79 Å². The minimum atomic E-state index is 0. The highest BCUT2D eigenvalue weighted by Crippen LogP contribution is 2.24. The number of halogens is 2. The molecule has 1 aliphatic heterocycles. The molecular weight excluding hydrogens is 345 g/mol. The Morgan fingerprint density at radius 1 is 0.875 bits per heavy atom. The van der Waals surface area contributed by atoms with Crippen LogP contribution in [0.15, 0.2) is 0 Å². The van der Waals surface area contributed by atoms with Crippen LogP contribution in [0.3, 0.4) is 0 Å². The number of unbranched alkanes of at least 4 members (excludes halogenated alkanes) is 3. The molecule has 2 fully saturated rings. The molecule has 1 saturated heterocycles. The van der Waals surface area contributed by atoms with Gasteiger partial charge >= 0.3 is 0 Å². The van der Waals surface area contributed by atoms with E-state index >= 15 is 0 Å². The van der Waals surface area contributed by atoms with Crippen molar-refractivity contribution in [3.05, 3.63) is 0 Å². The number of hydrogen-bond donors (Lipinski definition) is 1. The van der Waals surface area contributed by atoms with Gasteiger partial charge in [-0.1, -0.05) is 32.1 Å². The minimum absolute atomic E-state index is 0. The number of rotatable bonds is 8. The average molecular weight is 382 g/mol. The molecule has 0 spiro atoms. The lowest BCUT2D eigenvalue weighted by atomic mass is 9.89. The molecule has 2 aliphatic rings. The highest BCUT2D eigenvalue weighted by atomic mass is 35.5. The lowest BCUT2D eigenvalue weighted by molar-refractivity contribution is -0.133. The highest BCUT2D eigenvalue weighted by Gasteiger charge is 2.23. The second-order valence-electron chi connectivity index (χ2n) is 7.14. The number of piperazine rings is 1. The zero-order chi connectivity index (χ0) is 15.6. The lowest BCUT2D eigenvalue weighted by Crippen LogP contribution is -2.49. The third-order valence-electron chi connectivity index (χ3n) is 5.31. The summed E-state index contributed by atoms with van der Waals surface area (Å²) in [5.41, 5.74) is 5.49. The van der Waals surface area contributed by atoms with Gasteiger partial charge in [-0.15, -0.1) is 24.8 Å². The molecule has 2 N–H and O–H groups in total. The maximum Gasteiger partial charge on any atom is 0.222 e. The van der Waals surface area contributed by atoms with Crippen LogP contribution in [0.4, 0.5) is 0 Å². The summed E-state index contributed by atoms with van der Waals surface area (Å²) < 4.78 is 0. The SMILES string of the molecule is Cl.Cl.NCCCCCCC(=O)N1CCN(CC2CCCCC2)CC1. The molecule has 0 bridgehead atoms. The molecule has 144 valence electrons. The average Bonchev–Trinajstić information content (AvgIpc) is 2.56. The summed E-state index contributed by atoms with van der Waals surface area (Å²) in [5.74, 6) is 1.28.